The van der Waals surface area contributed by atoms with Gasteiger partial charge in [0.25, 0.3) is 0 Å². The lowest BCUT2D eigenvalue weighted by Crippen LogP contribution is -2.41. The fourth-order valence-electron chi connectivity index (χ4n) is 4.64. The molecule has 0 bridgehead atoms. The van der Waals surface area contributed by atoms with E-state index in [9.17, 15) is 4.79 Å². The molecule has 3 N–H and O–H groups in total. The van der Waals surface area contributed by atoms with Gasteiger partial charge in [0.15, 0.2) is 5.69 Å². The predicted molar refractivity (Wildman–Crippen MR) is 145 cm³/mol. The predicted octanol–water partition coefficient (Wildman–Crippen LogP) is 4.94. The van der Waals surface area contributed by atoms with E-state index >= 15 is 0 Å². The summed E-state index contributed by atoms with van der Waals surface area (Å²) in [7, 11) is 1.65. The second kappa shape index (κ2) is 13.4. The second-order valence-electron chi connectivity index (χ2n) is 9.38. The van der Waals surface area contributed by atoms with Gasteiger partial charge < -0.3 is 25.3 Å². The summed E-state index contributed by atoms with van der Waals surface area (Å²) in [4.78, 5) is 26.1. The Labute approximate surface area is 218 Å². The number of carbonyl (C=O) groups excluding carboxylic acids is 1. The SMILES string of the molecule is [C-]#[N+]c1ccc(CNC(=O)C(CC2CCCCC2)Nc2cc(-n3cccc3)nc(NCCOC)n2)cc1. The summed E-state index contributed by atoms with van der Waals surface area (Å²) in [5.41, 5.74) is 1.54. The van der Waals surface area contributed by atoms with Gasteiger partial charge in [-0.1, -0.05) is 56.4 Å². The highest BCUT2D eigenvalue weighted by Gasteiger charge is 2.25. The van der Waals surface area contributed by atoms with Gasteiger partial charge in [-0.3, -0.25) is 4.79 Å². The molecule has 1 amide bonds. The Balaban J connectivity index is 1.52. The van der Waals surface area contributed by atoms with Crippen LogP contribution < -0.4 is 16.0 Å². The monoisotopic (exact) mass is 501 g/mol. The highest BCUT2D eigenvalue weighted by molar-refractivity contribution is 5.84. The lowest BCUT2D eigenvalue weighted by molar-refractivity contribution is -0.122. The molecule has 4 rings (SSSR count). The van der Waals surface area contributed by atoms with E-state index in [-0.39, 0.29) is 5.91 Å². The van der Waals surface area contributed by atoms with Crippen LogP contribution in [0.5, 0.6) is 0 Å². The van der Waals surface area contributed by atoms with Gasteiger partial charge in [0.05, 0.1) is 13.2 Å². The molecular formula is C28H35N7O2. The molecule has 1 aliphatic carbocycles. The highest BCUT2D eigenvalue weighted by Crippen LogP contribution is 2.28. The van der Waals surface area contributed by atoms with Crippen molar-refractivity contribution >= 4 is 23.4 Å². The molecule has 1 atom stereocenters. The van der Waals surface area contributed by atoms with E-state index in [1.54, 1.807) is 19.2 Å². The number of methoxy groups -OCH3 is 1. The van der Waals surface area contributed by atoms with Crippen molar-refractivity contribution in [3.8, 4) is 5.82 Å². The van der Waals surface area contributed by atoms with Gasteiger partial charge in [0.2, 0.25) is 11.9 Å². The summed E-state index contributed by atoms with van der Waals surface area (Å²) in [5, 5.41) is 9.72. The van der Waals surface area contributed by atoms with Crippen LogP contribution in [0.15, 0.2) is 54.9 Å². The Bertz CT molecular complexity index is 1170. The summed E-state index contributed by atoms with van der Waals surface area (Å²) in [5.74, 6) is 2.22. The third-order valence-electron chi connectivity index (χ3n) is 6.64. The molecule has 1 saturated carbocycles. The number of anilines is 2. The molecule has 1 fully saturated rings. The van der Waals surface area contributed by atoms with E-state index in [0.717, 1.165) is 24.8 Å². The summed E-state index contributed by atoms with van der Waals surface area (Å²) >= 11 is 0. The minimum absolute atomic E-state index is 0.0603. The van der Waals surface area contributed by atoms with Crippen LogP contribution >= 0.6 is 0 Å². The first kappa shape index (κ1) is 26.2. The minimum Gasteiger partial charge on any atom is -0.383 e. The smallest absolute Gasteiger partial charge is 0.242 e. The Kier molecular flexibility index (Phi) is 9.49. The van der Waals surface area contributed by atoms with Crippen molar-refractivity contribution in [2.45, 2.75) is 51.1 Å². The van der Waals surface area contributed by atoms with Crippen LogP contribution in [0.25, 0.3) is 10.7 Å². The van der Waals surface area contributed by atoms with Gasteiger partial charge in [-0.15, -0.1) is 0 Å². The maximum absolute atomic E-state index is 13.4. The molecule has 3 aromatic rings. The van der Waals surface area contributed by atoms with E-state index in [2.05, 4.69) is 30.8 Å². The number of nitrogens with zero attached hydrogens (tertiary/aromatic N) is 4. The fourth-order valence-corrected chi connectivity index (χ4v) is 4.64. The number of ether oxygens (including phenoxy) is 1. The van der Waals surface area contributed by atoms with Crippen molar-refractivity contribution in [2.24, 2.45) is 5.92 Å². The molecule has 1 aliphatic rings. The number of rotatable bonds is 12. The van der Waals surface area contributed by atoms with Crippen molar-refractivity contribution in [1.82, 2.24) is 19.9 Å². The van der Waals surface area contributed by atoms with Crippen LogP contribution in [-0.2, 0) is 16.1 Å². The van der Waals surface area contributed by atoms with Crippen LogP contribution in [0.1, 0.15) is 44.1 Å². The van der Waals surface area contributed by atoms with Gasteiger partial charge in [-0.25, -0.2) is 4.85 Å². The summed E-state index contributed by atoms with van der Waals surface area (Å²) < 4.78 is 7.06. The van der Waals surface area contributed by atoms with Gasteiger partial charge in [0.1, 0.15) is 17.7 Å². The van der Waals surface area contributed by atoms with Crippen LogP contribution in [0, 0.1) is 12.5 Å². The molecular weight excluding hydrogens is 466 g/mol. The zero-order valence-electron chi connectivity index (χ0n) is 21.3. The highest BCUT2D eigenvalue weighted by atomic mass is 16.5. The number of hydrogen-bond acceptors (Lipinski definition) is 6. The zero-order valence-corrected chi connectivity index (χ0v) is 21.3. The molecule has 1 unspecified atom stereocenters. The minimum atomic E-state index is -0.426. The van der Waals surface area contributed by atoms with Crippen molar-refractivity contribution in [1.29, 1.82) is 0 Å². The van der Waals surface area contributed by atoms with E-state index in [1.165, 1.54) is 19.3 Å². The van der Waals surface area contributed by atoms with Crippen LogP contribution in [0.4, 0.5) is 17.5 Å². The molecule has 0 saturated heterocycles. The zero-order chi connectivity index (χ0) is 25.9. The van der Waals surface area contributed by atoms with E-state index in [0.29, 0.717) is 48.9 Å². The Hall–Kier alpha value is -3.90. The summed E-state index contributed by atoms with van der Waals surface area (Å²) in [6.07, 6.45) is 10.6. The first-order chi connectivity index (χ1) is 18.1. The maximum Gasteiger partial charge on any atom is 0.242 e. The van der Waals surface area contributed by atoms with Crippen molar-refractivity contribution in [3.63, 3.8) is 0 Å². The molecule has 0 spiro atoms. The van der Waals surface area contributed by atoms with E-state index in [1.807, 2.05) is 47.3 Å². The lowest BCUT2D eigenvalue weighted by atomic mass is 9.84. The molecule has 194 valence electrons. The quantitative estimate of drug-likeness (QED) is 0.240. The topological polar surface area (TPSA) is 97.5 Å². The molecule has 0 aliphatic heterocycles. The Morgan fingerprint density at radius 2 is 1.92 bits per heavy atom. The third kappa shape index (κ3) is 7.79. The van der Waals surface area contributed by atoms with Crippen molar-refractivity contribution < 1.29 is 9.53 Å². The number of aromatic nitrogens is 3. The first-order valence-electron chi connectivity index (χ1n) is 12.9. The molecule has 37 heavy (non-hydrogen) atoms. The van der Waals surface area contributed by atoms with Crippen LogP contribution in [-0.4, -0.2) is 46.7 Å². The van der Waals surface area contributed by atoms with Crippen LogP contribution in [0.3, 0.4) is 0 Å². The average Bonchev–Trinajstić information content (AvgIpc) is 3.48. The summed E-state index contributed by atoms with van der Waals surface area (Å²) in [6.45, 7) is 8.63. The summed E-state index contributed by atoms with van der Waals surface area (Å²) in [6, 6.07) is 12.6. The normalized spacial score (nSPS) is 14.5. The van der Waals surface area contributed by atoms with Gasteiger partial charge in [-0.2, -0.15) is 9.97 Å². The van der Waals surface area contributed by atoms with Crippen molar-refractivity contribution in [3.05, 3.63) is 71.8 Å². The molecule has 9 nitrogen and oxygen atoms in total. The number of carbonyl (C=O) groups is 1. The largest absolute Gasteiger partial charge is 0.383 e. The second-order valence-corrected chi connectivity index (χ2v) is 9.38. The van der Waals surface area contributed by atoms with Crippen LogP contribution in [0.2, 0.25) is 0 Å². The average molecular weight is 502 g/mol. The molecule has 2 heterocycles. The Morgan fingerprint density at radius 3 is 2.62 bits per heavy atom. The van der Waals surface area contributed by atoms with Gasteiger partial charge >= 0.3 is 0 Å². The van der Waals surface area contributed by atoms with E-state index < -0.39 is 6.04 Å². The Morgan fingerprint density at radius 1 is 1.16 bits per heavy atom. The number of benzene rings is 1. The molecule has 2 aromatic heterocycles. The van der Waals surface area contributed by atoms with Gasteiger partial charge in [0, 0.05) is 38.7 Å². The molecule has 0 radical (unpaired) electrons. The maximum atomic E-state index is 13.4. The number of amides is 1. The van der Waals surface area contributed by atoms with Gasteiger partial charge in [-0.05, 0) is 30.0 Å². The number of hydrogen-bond donors (Lipinski definition) is 3. The fraction of sp³-hybridized carbons (Fsp3) is 0.429. The van der Waals surface area contributed by atoms with E-state index in [4.69, 9.17) is 11.3 Å². The third-order valence-corrected chi connectivity index (χ3v) is 6.64. The molecule has 1 aromatic carbocycles. The molecule has 9 heteroatoms. The number of nitrogens with one attached hydrogen (secondary N) is 3. The lowest BCUT2D eigenvalue weighted by Gasteiger charge is -2.27. The van der Waals surface area contributed by atoms with Crippen molar-refractivity contribution in [2.75, 3.05) is 30.9 Å². The first-order valence-corrected chi connectivity index (χ1v) is 12.9. The standard InChI is InChI=1S/C28H35N7O2/c1-29-23-12-10-22(11-13-23)20-31-27(36)24(18-21-8-4-3-5-9-21)32-25-19-26(35-15-6-7-16-35)34-28(33-25)30-14-17-37-2/h6-7,10-13,15-16,19,21,24H,3-5,8-9,14,17-18,20H2,2H3,(H,31,36)(H2,30,32,33,34).